The van der Waals surface area contributed by atoms with Crippen molar-refractivity contribution >= 4 is 28.6 Å². The quantitative estimate of drug-likeness (QED) is 0.726. The number of nitrogens with one attached hydrogen (secondary N) is 2. The Kier molecular flexibility index (Phi) is 6.25. The maximum atomic E-state index is 14.2. The van der Waals surface area contributed by atoms with Gasteiger partial charge in [-0.05, 0) is 64.5 Å². The number of halogens is 2. The van der Waals surface area contributed by atoms with Crippen LogP contribution >= 0.6 is 11.8 Å². The van der Waals surface area contributed by atoms with Gasteiger partial charge in [-0.1, -0.05) is 11.8 Å². The standard InChI is InChI=1S/C21H26F2N2O2S/c1-12(22)28-19-10-18-13(9-17(19)23)8-14(11-24-18)20(26)25-16-6-4-15(5-7-16)21(2,3)27/h8-12,15-16,27H,4-7H2,1-3H3,(H,25,26)/p+1. The minimum atomic E-state index is -1.21. The van der Waals surface area contributed by atoms with E-state index < -0.39 is 16.9 Å². The number of thioether (sulfide) groups is 1. The van der Waals surface area contributed by atoms with Crippen molar-refractivity contribution in [2.24, 2.45) is 5.92 Å². The molecule has 152 valence electrons. The van der Waals surface area contributed by atoms with Crippen molar-refractivity contribution in [1.29, 1.82) is 0 Å². The van der Waals surface area contributed by atoms with Gasteiger partial charge < -0.3 is 10.4 Å². The number of hydrogen-bond acceptors (Lipinski definition) is 3. The minimum absolute atomic E-state index is 0.0725. The topological polar surface area (TPSA) is 63.5 Å². The molecule has 0 spiro atoms. The number of aromatic amines is 1. The fourth-order valence-corrected chi connectivity index (χ4v) is 4.49. The Morgan fingerprint density at radius 3 is 2.57 bits per heavy atom. The van der Waals surface area contributed by atoms with Crippen LogP contribution in [-0.2, 0) is 0 Å². The molecule has 3 N–H and O–H groups in total. The lowest BCUT2D eigenvalue weighted by Gasteiger charge is -2.36. The van der Waals surface area contributed by atoms with Crippen LogP contribution in [-0.4, -0.2) is 28.2 Å². The van der Waals surface area contributed by atoms with Crippen LogP contribution in [0.25, 0.3) is 10.9 Å². The lowest BCUT2D eigenvalue weighted by Crippen LogP contribution is -2.42. The first kappa shape index (κ1) is 21.0. The Morgan fingerprint density at radius 1 is 1.29 bits per heavy atom. The van der Waals surface area contributed by atoms with Crippen LogP contribution in [0.15, 0.2) is 29.3 Å². The van der Waals surface area contributed by atoms with Gasteiger partial charge in [0.25, 0.3) is 5.91 Å². The second-order valence-corrected chi connectivity index (χ2v) is 9.42. The van der Waals surface area contributed by atoms with Gasteiger partial charge in [-0.15, -0.1) is 0 Å². The molecule has 0 aliphatic heterocycles. The number of fused-ring (bicyclic) bond motifs is 1. The molecule has 1 heterocycles. The van der Waals surface area contributed by atoms with Crippen molar-refractivity contribution in [3.05, 3.63) is 35.8 Å². The predicted molar refractivity (Wildman–Crippen MR) is 106 cm³/mol. The number of hydrogen-bond donors (Lipinski definition) is 2. The van der Waals surface area contributed by atoms with Crippen LogP contribution in [0.3, 0.4) is 0 Å². The van der Waals surface area contributed by atoms with E-state index in [1.807, 2.05) is 13.8 Å². The first-order chi connectivity index (χ1) is 13.1. The van der Waals surface area contributed by atoms with Gasteiger partial charge >= 0.3 is 0 Å². The number of carbonyl (C=O) groups excluding carboxylic acids is 1. The zero-order valence-corrected chi connectivity index (χ0v) is 17.2. The first-order valence-electron chi connectivity index (χ1n) is 9.62. The van der Waals surface area contributed by atoms with Gasteiger partial charge in [0, 0.05) is 12.1 Å². The summed E-state index contributed by atoms with van der Waals surface area (Å²) in [6, 6.07) is 4.59. The number of benzene rings is 1. The molecule has 7 heteroatoms. The van der Waals surface area contributed by atoms with Crippen molar-refractivity contribution in [3.63, 3.8) is 0 Å². The van der Waals surface area contributed by atoms with Crippen LogP contribution < -0.4 is 10.3 Å². The van der Waals surface area contributed by atoms with Crippen molar-refractivity contribution in [1.82, 2.24) is 5.32 Å². The van der Waals surface area contributed by atoms with Gasteiger partial charge in [0.15, 0.2) is 6.20 Å². The molecule has 1 unspecified atom stereocenters. The molecule has 1 atom stereocenters. The molecular weight excluding hydrogens is 382 g/mol. The summed E-state index contributed by atoms with van der Waals surface area (Å²) in [4.78, 5) is 15.8. The fourth-order valence-electron chi connectivity index (χ4n) is 3.79. The highest BCUT2D eigenvalue weighted by Gasteiger charge is 2.32. The second kappa shape index (κ2) is 8.33. The molecule has 1 fully saturated rings. The van der Waals surface area contributed by atoms with Gasteiger partial charge in [-0.3, -0.25) is 4.79 Å². The number of rotatable bonds is 5. The van der Waals surface area contributed by atoms with E-state index >= 15 is 0 Å². The van der Waals surface area contributed by atoms with Crippen molar-refractivity contribution < 1.29 is 23.7 Å². The van der Waals surface area contributed by atoms with Crippen molar-refractivity contribution in [2.75, 3.05) is 0 Å². The lowest BCUT2D eigenvalue weighted by molar-refractivity contribution is -0.345. The summed E-state index contributed by atoms with van der Waals surface area (Å²) >= 11 is 0.817. The van der Waals surface area contributed by atoms with Crippen LogP contribution in [0.4, 0.5) is 8.78 Å². The number of H-pyrrole nitrogens is 1. The van der Waals surface area contributed by atoms with E-state index in [-0.39, 0.29) is 22.8 Å². The molecule has 1 saturated carbocycles. The number of pyridine rings is 1. The molecule has 2 aromatic rings. The molecule has 4 nitrogen and oxygen atoms in total. The summed E-state index contributed by atoms with van der Waals surface area (Å²) in [5.41, 5.74) is -0.824. The molecule has 1 aliphatic carbocycles. The summed E-state index contributed by atoms with van der Waals surface area (Å²) in [6.07, 6.45) is 4.99. The van der Waals surface area contributed by atoms with Crippen molar-refractivity contribution in [2.45, 2.75) is 68.5 Å². The zero-order chi connectivity index (χ0) is 20.5. The summed E-state index contributed by atoms with van der Waals surface area (Å²) in [5, 5.41) is 13.7. The zero-order valence-electron chi connectivity index (χ0n) is 16.4. The van der Waals surface area contributed by atoms with E-state index in [1.54, 1.807) is 18.3 Å². The molecule has 3 rings (SSSR count). The molecule has 0 radical (unpaired) electrons. The molecule has 0 bridgehead atoms. The molecule has 28 heavy (non-hydrogen) atoms. The molecule has 1 aromatic carbocycles. The minimum Gasteiger partial charge on any atom is -0.390 e. The molecule has 1 aliphatic rings. The first-order valence-corrected chi connectivity index (χ1v) is 10.5. The lowest BCUT2D eigenvalue weighted by atomic mass is 9.77. The van der Waals surface area contributed by atoms with E-state index in [2.05, 4.69) is 10.3 Å². The average Bonchev–Trinajstić information content (AvgIpc) is 2.61. The van der Waals surface area contributed by atoms with Crippen LogP contribution in [0.5, 0.6) is 0 Å². The number of carbonyl (C=O) groups is 1. The Hall–Kier alpha value is -1.73. The van der Waals surface area contributed by atoms with E-state index in [0.29, 0.717) is 16.5 Å². The Labute approximate surface area is 168 Å². The van der Waals surface area contributed by atoms with Gasteiger partial charge in [-0.2, -0.15) is 0 Å². The van der Waals surface area contributed by atoms with Crippen LogP contribution in [0, 0.1) is 11.7 Å². The molecule has 1 amide bonds. The highest BCUT2D eigenvalue weighted by Crippen LogP contribution is 2.33. The van der Waals surface area contributed by atoms with Gasteiger partial charge in [0.05, 0.1) is 15.9 Å². The SMILES string of the molecule is CC(F)Sc1cc2[nH+]cc(C(=O)NC3CCC(C(C)(C)O)CC3)cc2cc1F. The molecule has 0 saturated heterocycles. The average molecular weight is 410 g/mol. The van der Waals surface area contributed by atoms with E-state index in [0.717, 1.165) is 37.4 Å². The predicted octanol–water partition coefficient (Wildman–Crippen LogP) is 4.26. The Morgan fingerprint density at radius 2 is 1.96 bits per heavy atom. The van der Waals surface area contributed by atoms with Crippen LogP contribution in [0.1, 0.15) is 56.8 Å². The summed E-state index contributed by atoms with van der Waals surface area (Å²) < 4.78 is 27.4. The highest BCUT2D eigenvalue weighted by molar-refractivity contribution is 7.99. The monoisotopic (exact) mass is 409 g/mol. The molecular formula is C21H27F2N2O2S+. The van der Waals surface area contributed by atoms with Crippen LogP contribution in [0.2, 0.25) is 0 Å². The smallest absolute Gasteiger partial charge is 0.257 e. The number of aromatic nitrogens is 1. The highest BCUT2D eigenvalue weighted by atomic mass is 32.2. The summed E-state index contributed by atoms with van der Waals surface area (Å²) in [5.74, 6) is -0.462. The van der Waals surface area contributed by atoms with E-state index in [4.69, 9.17) is 0 Å². The van der Waals surface area contributed by atoms with Gasteiger partial charge in [-0.25, -0.2) is 13.8 Å². The maximum absolute atomic E-state index is 14.2. The number of aliphatic hydroxyl groups is 1. The summed E-state index contributed by atoms with van der Waals surface area (Å²) in [6.45, 7) is 5.03. The Bertz CT molecular complexity index is 859. The number of amides is 1. The van der Waals surface area contributed by atoms with E-state index in [1.165, 1.54) is 13.0 Å². The Balaban J connectivity index is 1.69. The summed E-state index contributed by atoms with van der Waals surface area (Å²) in [7, 11) is 0. The molecule has 1 aromatic heterocycles. The van der Waals surface area contributed by atoms with Gasteiger partial charge in [0.1, 0.15) is 16.9 Å². The third-order valence-corrected chi connectivity index (χ3v) is 6.30. The largest absolute Gasteiger partial charge is 0.390 e. The maximum Gasteiger partial charge on any atom is 0.257 e. The fraction of sp³-hybridized carbons (Fsp3) is 0.524. The normalized spacial score (nSPS) is 21.5. The van der Waals surface area contributed by atoms with E-state index in [9.17, 15) is 18.7 Å². The second-order valence-electron chi connectivity index (χ2n) is 8.09. The third kappa shape index (κ3) is 5.00. The van der Waals surface area contributed by atoms with Crippen molar-refractivity contribution in [3.8, 4) is 0 Å². The number of alkyl halides is 1. The third-order valence-electron chi connectivity index (χ3n) is 5.41. The van der Waals surface area contributed by atoms with Gasteiger partial charge in [0.2, 0.25) is 5.52 Å².